The summed E-state index contributed by atoms with van der Waals surface area (Å²) >= 11 is 1.15. The van der Waals surface area contributed by atoms with Gasteiger partial charge >= 0.3 is 11.7 Å². The Morgan fingerprint density at radius 2 is 1.97 bits per heavy atom. The van der Waals surface area contributed by atoms with Crippen LogP contribution in [0.3, 0.4) is 0 Å². The summed E-state index contributed by atoms with van der Waals surface area (Å²) in [6.07, 6.45) is 0. The Bertz CT molecular complexity index is 1430. The molecule has 160 valence electrons. The lowest BCUT2D eigenvalue weighted by molar-refractivity contribution is 0.0523. The first kappa shape index (κ1) is 20.5. The van der Waals surface area contributed by atoms with E-state index >= 15 is 0 Å². The Morgan fingerprint density at radius 3 is 2.68 bits per heavy atom. The van der Waals surface area contributed by atoms with Crippen LogP contribution in [0.4, 0.5) is 0 Å². The summed E-state index contributed by atoms with van der Waals surface area (Å²) in [7, 11) is 1.54. The first-order chi connectivity index (χ1) is 14.8. The summed E-state index contributed by atoms with van der Waals surface area (Å²) in [6.45, 7) is 3.52. The first-order valence-electron chi connectivity index (χ1n) is 9.38. The minimum atomic E-state index is -0.665. The van der Waals surface area contributed by atoms with Gasteiger partial charge in [0, 0.05) is 16.0 Å². The normalized spacial score (nSPS) is 11.1. The minimum absolute atomic E-state index is 0.0497. The molecule has 9 nitrogen and oxygen atoms in total. The summed E-state index contributed by atoms with van der Waals surface area (Å²) in [5.41, 5.74) is 0.464. The molecule has 0 spiro atoms. The topological polar surface area (TPSA) is 137 Å². The number of benzene rings is 1. The standard InChI is InChI=1S/C21H19N3O6S/c1-4-30-20(27)12-9(2)31-17(16(12)25)13-14-18(23-21(28)24-19(14)26)22-15(13)10-6-5-7-11(8-10)29-3/h5-8,25H,4H2,1-3H3,(H3,22,23,24,26,28). The highest BCUT2D eigenvalue weighted by Gasteiger charge is 2.28. The van der Waals surface area contributed by atoms with Gasteiger partial charge in [-0.05, 0) is 26.0 Å². The van der Waals surface area contributed by atoms with Crippen LogP contribution in [0.15, 0.2) is 33.9 Å². The molecule has 0 aliphatic rings. The molecule has 0 bridgehead atoms. The van der Waals surface area contributed by atoms with Crippen LogP contribution in [-0.4, -0.2) is 39.7 Å². The van der Waals surface area contributed by atoms with Crippen LogP contribution in [0.5, 0.6) is 11.5 Å². The van der Waals surface area contributed by atoms with Crippen molar-refractivity contribution in [3.05, 3.63) is 55.5 Å². The van der Waals surface area contributed by atoms with Gasteiger partial charge in [0.1, 0.15) is 22.7 Å². The Labute approximate surface area is 179 Å². The van der Waals surface area contributed by atoms with Crippen molar-refractivity contribution in [2.45, 2.75) is 13.8 Å². The molecular formula is C21H19N3O6S. The van der Waals surface area contributed by atoms with Gasteiger partial charge in [-0.2, -0.15) is 0 Å². The van der Waals surface area contributed by atoms with E-state index in [1.54, 1.807) is 38.1 Å². The van der Waals surface area contributed by atoms with Crippen molar-refractivity contribution in [1.82, 2.24) is 15.0 Å². The Hall–Kier alpha value is -3.79. The van der Waals surface area contributed by atoms with Crippen LogP contribution in [0.25, 0.3) is 32.7 Å². The highest BCUT2D eigenvalue weighted by Crippen LogP contribution is 2.47. The lowest BCUT2D eigenvalue weighted by Gasteiger charge is -2.07. The van der Waals surface area contributed by atoms with E-state index in [1.807, 2.05) is 0 Å². The van der Waals surface area contributed by atoms with Crippen molar-refractivity contribution in [3.8, 4) is 33.2 Å². The molecule has 3 heterocycles. The van der Waals surface area contributed by atoms with Crippen molar-refractivity contribution in [2.75, 3.05) is 13.7 Å². The zero-order valence-corrected chi connectivity index (χ0v) is 17.7. The lowest BCUT2D eigenvalue weighted by atomic mass is 10.0. The number of nitrogens with one attached hydrogen (secondary N) is 3. The van der Waals surface area contributed by atoms with Crippen molar-refractivity contribution < 1.29 is 19.4 Å². The molecule has 0 unspecified atom stereocenters. The highest BCUT2D eigenvalue weighted by molar-refractivity contribution is 7.16. The molecule has 0 atom stereocenters. The van der Waals surface area contributed by atoms with Crippen LogP contribution in [0.1, 0.15) is 22.2 Å². The van der Waals surface area contributed by atoms with Crippen LogP contribution in [0, 0.1) is 6.92 Å². The maximum Gasteiger partial charge on any atom is 0.343 e. The van der Waals surface area contributed by atoms with Crippen LogP contribution >= 0.6 is 11.3 Å². The number of aromatic nitrogens is 3. The number of rotatable bonds is 5. The molecule has 3 aromatic heterocycles. The van der Waals surface area contributed by atoms with Gasteiger partial charge in [-0.3, -0.25) is 14.8 Å². The Morgan fingerprint density at radius 1 is 1.19 bits per heavy atom. The van der Waals surface area contributed by atoms with E-state index in [0.29, 0.717) is 32.3 Å². The van der Waals surface area contributed by atoms with Gasteiger partial charge in [0.05, 0.1) is 29.7 Å². The number of H-pyrrole nitrogens is 3. The van der Waals surface area contributed by atoms with Crippen molar-refractivity contribution in [3.63, 3.8) is 0 Å². The molecular weight excluding hydrogens is 422 g/mol. The van der Waals surface area contributed by atoms with Gasteiger partial charge in [0.25, 0.3) is 5.56 Å². The number of aryl methyl sites for hydroxylation is 1. The van der Waals surface area contributed by atoms with E-state index in [-0.39, 0.29) is 29.0 Å². The lowest BCUT2D eigenvalue weighted by Crippen LogP contribution is -2.21. The molecule has 0 amide bonds. The molecule has 4 rings (SSSR count). The maximum atomic E-state index is 12.7. The SMILES string of the molecule is CCOC(=O)c1c(C)sc(-c2c(-c3cccc(OC)c3)[nH]c3[nH]c(=O)[nH]c(=O)c23)c1O. The molecule has 0 fully saturated rings. The molecule has 31 heavy (non-hydrogen) atoms. The summed E-state index contributed by atoms with van der Waals surface area (Å²) < 4.78 is 10.4. The van der Waals surface area contributed by atoms with E-state index in [4.69, 9.17) is 9.47 Å². The third-order valence-corrected chi connectivity index (χ3v) is 5.93. The van der Waals surface area contributed by atoms with Crippen molar-refractivity contribution >= 4 is 28.3 Å². The monoisotopic (exact) mass is 441 g/mol. The summed E-state index contributed by atoms with van der Waals surface area (Å²) in [6, 6.07) is 7.10. The number of carbonyl (C=O) groups excluding carboxylic acids is 1. The van der Waals surface area contributed by atoms with Crippen molar-refractivity contribution in [2.24, 2.45) is 0 Å². The summed E-state index contributed by atoms with van der Waals surface area (Å²) in [5, 5.41) is 11.1. The molecule has 1 aromatic carbocycles. The Balaban J connectivity index is 2.08. The largest absolute Gasteiger partial charge is 0.505 e. The fourth-order valence-corrected chi connectivity index (χ4v) is 4.59. The van der Waals surface area contributed by atoms with Gasteiger partial charge in [-0.1, -0.05) is 12.1 Å². The minimum Gasteiger partial charge on any atom is -0.505 e. The number of methoxy groups -OCH3 is 1. The quantitative estimate of drug-likeness (QED) is 0.351. The second kappa shape index (κ2) is 7.80. The smallest absolute Gasteiger partial charge is 0.343 e. The molecule has 4 aromatic rings. The fraction of sp³-hybridized carbons (Fsp3) is 0.190. The van der Waals surface area contributed by atoms with E-state index in [2.05, 4.69) is 15.0 Å². The number of esters is 1. The number of ether oxygens (including phenoxy) is 2. The van der Waals surface area contributed by atoms with Crippen LogP contribution in [-0.2, 0) is 4.74 Å². The zero-order valence-electron chi connectivity index (χ0n) is 16.9. The number of carbonyl (C=O) groups is 1. The van der Waals surface area contributed by atoms with Gasteiger partial charge in [0.15, 0.2) is 0 Å². The number of aromatic hydroxyl groups is 1. The van der Waals surface area contributed by atoms with Crippen LogP contribution < -0.4 is 16.0 Å². The second-order valence-electron chi connectivity index (χ2n) is 6.70. The number of thiophene rings is 1. The fourth-order valence-electron chi connectivity index (χ4n) is 3.50. The highest BCUT2D eigenvalue weighted by atomic mass is 32.1. The number of hydrogen-bond donors (Lipinski definition) is 4. The van der Waals surface area contributed by atoms with Crippen LogP contribution in [0.2, 0.25) is 0 Å². The number of aromatic amines is 3. The third-order valence-electron chi connectivity index (χ3n) is 4.82. The summed E-state index contributed by atoms with van der Waals surface area (Å²) in [5.74, 6) is -0.343. The van der Waals surface area contributed by atoms with E-state index in [0.717, 1.165) is 11.3 Å². The molecule has 0 saturated heterocycles. The molecule has 0 radical (unpaired) electrons. The van der Waals surface area contributed by atoms with Crippen molar-refractivity contribution in [1.29, 1.82) is 0 Å². The van der Waals surface area contributed by atoms with E-state index in [9.17, 15) is 19.5 Å². The average molecular weight is 441 g/mol. The third kappa shape index (κ3) is 3.40. The summed E-state index contributed by atoms with van der Waals surface area (Å²) in [4.78, 5) is 45.6. The van der Waals surface area contributed by atoms with Gasteiger partial charge in [-0.25, -0.2) is 9.59 Å². The first-order valence-corrected chi connectivity index (χ1v) is 10.2. The molecule has 0 aliphatic heterocycles. The molecule has 0 aliphatic carbocycles. The van der Waals surface area contributed by atoms with Gasteiger partial charge in [-0.15, -0.1) is 11.3 Å². The Kier molecular flexibility index (Phi) is 5.15. The zero-order chi connectivity index (χ0) is 22.3. The van der Waals surface area contributed by atoms with Gasteiger partial charge < -0.3 is 19.6 Å². The van der Waals surface area contributed by atoms with E-state index < -0.39 is 17.2 Å². The second-order valence-corrected chi connectivity index (χ2v) is 7.92. The maximum absolute atomic E-state index is 12.7. The van der Waals surface area contributed by atoms with E-state index in [1.165, 1.54) is 7.11 Å². The number of fused-ring (bicyclic) bond motifs is 1. The number of hydrogen-bond acceptors (Lipinski definition) is 7. The predicted octanol–water partition coefficient (Wildman–Crippen LogP) is 3.14. The molecule has 10 heteroatoms. The molecule has 4 N–H and O–H groups in total. The van der Waals surface area contributed by atoms with Gasteiger partial charge in [0.2, 0.25) is 0 Å². The molecule has 0 saturated carbocycles. The average Bonchev–Trinajstić information content (AvgIpc) is 3.25. The predicted molar refractivity (Wildman–Crippen MR) is 117 cm³/mol.